The first-order valence-electron chi connectivity index (χ1n) is 6.16. The van der Waals surface area contributed by atoms with Crippen molar-refractivity contribution < 1.29 is 0 Å². The summed E-state index contributed by atoms with van der Waals surface area (Å²) in [7, 11) is 0. The van der Waals surface area contributed by atoms with Gasteiger partial charge in [-0.15, -0.1) is 0 Å². The number of rotatable bonds is 5. The number of nitrogens with zero attached hydrogens (tertiary/aromatic N) is 2. The van der Waals surface area contributed by atoms with Crippen LogP contribution in [0, 0.1) is 0 Å². The SMILES string of the molecule is CCCNC(c1cc(Br)cc(Br)c1)c1cnccn1. The minimum Gasteiger partial charge on any atom is -0.305 e. The number of hydrogen-bond donors (Lipinski definition) is 1. The minimum absolute atomic E-state index is 0.0578. The van der Waals surface area contributed by atoms with Gasteiger partial charge in [0, 0.05) is 21.3 Å². The van der Waals surface area contributed by atoms with E-state index in [0.717, 1.165) is 33.2 Å². The molecule has 0 saturated heterocycles. The smallest absolute Gasteiger partial charge is 0.0801 e. The Balaban J connectivity index is 2.36. The topological polar surface area (TPSA) is 37.8 Å². The molecule has 0 aliphatic heterocycles. The molecule has 0 saturated carbocycles. The van der Waals surface area contributed by atoms with Gasteiger partial charge in [0.05, 0.1) is 17.9 Å². The predicted octanol–water partition coefficient (Wildman–Crippen LogP) is 4.09. The van der Waals surface area contributed by atoms with Gasteiger partial charge in [0.2, 0.25) is 0 Å². The van der Waals surface area contributed by atoms with Crippen molar-refractivity contribution in [1.29, 1.82) is 0 Å². The average Bonchev–Trinajstić information content (AvgIpc) is 2.39. The molecule has 100 valence electrons. The van der Waals surface area contributed by atoms with Gasteiger partial charge in [0.15, 0.2) is 0 Å². The fourth-order valence-corrected chi connectivity index (χ4v) is 3.21. The highest BCUT2D eigenvalue weighted by atomic mass is 79.9. The van der Waals surface area contributed by atoms with Crippen LogP contribution in [0.5, 0.6) is 0 Å². The maximum atomic E-state index is 4.41. The van der Waals surface area contributed by atoms with Gasteiger partial charge < -0.3 is 5.32 Å². The van der Waals surface area contributed by atoms with Gasteiger partial charge in [-0.2, -0.15) is 0 Å². The lowest BCUT2D eigenvalue weighted by molar-refractivity contribution is 0.584. The molecule has 0 aliphatic carbocycles. The van der Waals surface area contributed by atoms with Crippen LogP contribution in [0.2, 0.25) is 0 Å². The fourth-order valence-electron chi connectivity index (χ4n) is 1.88. The molecule has 1 aromatic carbocycles. The lowest BCUT2D eigenvalue weighted by Gasteiger charge is -2.18. The van der Waals surface area contributed by atoms with Crippen molar-refractivity contribution in [3.05, 3.63) is 57.0 Å². The Morgan fingerprint density at radius 3 is 2.47 bits per heavy atom. The van der Waals surface area contributed by atoms with E-state index in [0.29, 0.717) is 0 Å². The summed E-state index contributed by atoms with van der Waals surface area (Å²) in [6, 6.07) is 6.29. The van der Waals surface area contributed by atoms with Crippen LogP contribution in [0.15, 0.2) is 45.7 Å². The van der Waals surface area contributed by atoms with Crippen LogP contribution in [0.25, 0.3) is 0 Å². The number of hydrogen-bond acceptors (Lipinski definition) is 3. The maximum Gasteiger partial charge on any atom is 0.0801 e. The van der Waals surface area contributed by atoms with E-state index in [4.69, 9.17) is 0 Å². The van der Waals surface area contributed by atoms with E-state index in [9.17, 15) is 0 Å². The Morgan fingerprint density at radius 2 is 1.89 bits per heavy atom. The summed E-state index contributed by atoms with van der Waals surface area (Å²) in [5.74, 6) is 0. The van der Waals surface area contributed by atoms with Crippen molar-refractivity contribution in [2.75, 3.05) is 6.54 Å². The van der Waals surface area contributed by atoms with Crippen molar-refractivity contribution in [1.82, 2.24) is 15.3 Å². The molecule has 1 heterocycles. The zero-order valence-electron chi connectivity index (χ0n) is 10.6. The summed E-state index contributed by atoms with van der Waals surface area (Å²) in [6.45, 7) is 3.09. The second-order valence-corrected chi connectivity index (χ2v) is 6.05. The number of aromatic nitrogens is 2. The Bertz CT molecular complexity index is 511. The lowest BCUT2D eigenvalue weighted by Crippen LogP contribution is -2.24. The minimum atomic E-state index is 0.0578. The summed E-state index contributed by atoms with van der Waals surface area (Å²) >= 11 is 7.06. The van der Waals surface area contributed by atoms with Crippen LogP contribution in [-0.4, -0.2) is 16.5 Å². The largest absolute Gasteiger partial charge is 0.305 e. The molecule has 0 amide bonds. The third-order valence-corrected chi connectivity index (χ3v) is 3.61. The van der Waals surface area contributed by atoms with Crippen molar-refractivity contribution in [3.63, 3.8) is 0 Å². The first kappa shape index (κ1) is 14.6. The van der Waals surface area contributed by atoms with Gasteiger partial charge in [-0.1, -0.05) is 38.8 Å². The van der Waals surface area contributed by atoms with E-state index < -0.39 is 0 Å². The highest BCUT2D eigenvalue weighted by Gasteiger charge is 2.15. The highest BCUT2D eigenvalue weighted by molar-refractivity contribution is 9.11. The van der Waals surface area contributed by atoms with Crippen LogP contribution < -0.4 is 5.32 Å². The molecule has 5 heteroatoms. The normalized spacial score (nSPS) is 12.4. The van der Waals surface area contributed by atoms with Gasteiger partial charge >= 0.3 is 0 Å². The van der Waals surface area contributed by atoms with Crippen LogP contribution in [0.1, 0.15) is 30.6 Å². The van der Waals surface area contributed by atoms with Gasteiger partial charge in [-0.3, -0.25) is 9.97 Å². The van der Waals surface area contributed by atoms with Gasteiger partial charge in [-0.25, -0.2) is 0 Å². The lowest BCUT2D eigenvalue weighted by atomic mass is 10.0. The highest BCUT2D eigenvalue weighted by Crippen LogP contribution is 2.27. The van der Waals surface area contributed by atoms with Crippen molar-refractivity contribution in [3.8, 4) is 0 Å². The average molecular weight is 385 g/mol. The quantitative estimate of drug-likeness (QED) is 0.843. The first-order valence-corrected chi connectivity index (χ1v) is 7.74. The summed E-state index contributed by atoms with van der Waals surface area (Å²) < 4.78 is 2.09. The van der Waals surface area contributed by atoms with Gasteiger partial charge in [-0.05, 0) is 36.7 Å². The molecular weight excluding hydrogens is 370 g/mol. The van der Waals surface area contributed by atoms with Gasteiger partial charge in [0.1, 0.15) is 0 Å². The van der Waals surface area contributed by atoms with E-state index in [2.05, 4.69) is 66.2 Å². The molecule has 1 unspecified atom stereocenters. The standard InChI is InChI=1S/C14H15Br2N3/c1-2-3-19-14(13-9-17-4-5-18-13)10-6-11(15)8-12(16)7-10/h4-9,14,19H,2-3H2,1H3. The monoisotopic (exact) mass is 383 g/mol. The molecule has 2 aromatic rings. The third kappa shape index (κ3) is 4.09. The van der Waals surface area contributed by atoms with Crippen molar-refractivity contribution in [2.24, 2.45) is 0 Å². The van der Waals surface area contributed by atoms with Crippen LogP contribution in [0.3, 0.4) is 0 Å². The zero-order valence-corrected chi connectivity index (χ0v) is 13.8. The fraction of sp³-hybridized carbons (Fsp3) is 0.286. The first-order chi connectivity index (χ1) is 9.20. The van der Waals surface area contributed by atoms with Crippen molar-refractivity contribution >= 4 is 31.9 Å². The molecule has 0 radical (unpaired) electrons. The molecule has 3 nitrogen and oxygen atoms in total. The number of halogens is 2. The molecule has 19 heavy (non-hydrogen) atoms. The Kier molecular flexibility index (Phi) is 5.48. The van der Waals surface area contributed by atoms with E-state index in [1.165, 1.54) is 0 Å². The van der Waals surface area contributed by atoms with Crippen LogP contribution in [0.4, 0.5) is 0 Å². The van der Waals surface area contributed by atoms with E-state index in [1.54, 1.807) is 12.4 Å². The molecule has 2 rings (SSSR count). The molecule has 1 N–H and O–H groups in total. The molecular formula is C14H15Br2N3. The summed E-state index contributed by atoms with van der Waals surface area (Å²) in [6.07, 6.45) is 6.30. The van der Waals surface area contributed by atoms with E-state index >= 15 is 0 Å². The van der Waals surface area contributed by atoms with Gasteiger partial charge in [0.25, 0.3) is 0 Å². The second kappa shape index (κ2) is 7.12. The van der Waals surface area contributed by atoms with Crippen LogP contribution >= 0.6 is 31.9 Å². The summed E-state index contributed by atoms with van der Waals surface area (Å²) in [5.41, 5.74) is 2.09. The van der Waals surface area contributed by atoms with E-state index in [1.807, 2.05) is 12.3 Å². The zero-order chi connectivity index (χ0) is 13.7. The Morgan fingerprint density at radius 1 is 1.16 bits per heavy atom. The molecule has 1 aromatic heterocycles. The third-order valence-electron chi connectivity index (χ3n) is 2.70. The number of benzene rings is 1. The predicted molar refractivity (Wildman–Crippen MR) is 84.0 cm³/mol. The summed E-state index contributed by atoms with van der Waals surface area (Å²) in [4.78, 5) is 8.57. The summed E-state index contributed by atoms with van der Waals surface area (Å²) in [5, 5.41) is 3.51. The number of nitrogens with one attached hydrogen (secondary N) is 1. The Hall–Kier alpha value is -0.780. The van der Waals surface area contributed by atoms with Crippen LogP contribution in [-0.2, 0) is 0 Å². The van der Waals surface area contributed by atoms with Crippen molar-refractivity contribution in [2.45, 2.75) is 19.4 Å². The second-order valence-electron chi connectivity index (χ2n) is 4.22. The maximum absolute atomic E-state index is 4.41. The molecule has 0 aliphatic rings. The molecule has 0 spiro atoms. The Labute approximate surface area is 130 Å². The molecule has 0 fully saturated rings. The molecule has 1 atom stereocenters. The molecule has 0 bridgehead atoms. The van der Waals surface area contributed by atoms with E-state index in [-0.39, 0.29) is 6.04 Å².